The van der Waals surface area contributed by atoms with E-state index >= 15 is 0 Å². The van der Waals surface area contributed by atoms with E-state index in [1.54, 1.807) is 0 Å². The average molecular weight is 166 g/mol. The molecule has 0 rings (SSSR count). The highest BCUT2D eigenvalue weighted by molar-refractivity contribution is 6.29. The minimum absolute atomic E-state index is 0.120. The van der Waals surface area contributed by atoms with Gasteiger partial charge in [-0.15, -0.1) is 0 Å². The Morgan fingerprint density at radius 1 is 1.70 bits per heavy atom. The largest absolute Gasteiger partial charge is 0.465 e. The fourth-order valence-corrected chi connectivity index (χ4v) is 0.391. The number of carboxylic acid groups (broad SMARTS) is 1. The first kappa shape index (κ1) is 9.26. The summed E-state index contributed by atoms with van der Waals surface area (Å²) in [6.45, 7) is -0.141. The van der Waals surface area contributed by atoms with E-state index in [9.17, 15) is 4.79 Å². The van der Waals surface area contributed by atoms with Crippen molar-refractivity contribution in [1.29, 1.82) is 0 Å². The van der Waals surface area contributed by atoms with Crippen LogP contribution in [-0.4, -0.2) is 29.5 Å². The first-order valence-corrected chi connectivity index (χ1v) is 2.96. The zero-order valence-electron chi connectivity index (χ0n) is 5.17. The Kier molecular flexibility index (Phi) is 4.70. The Labute approximate surface area is 63.1 Å². The molecule has 4 nitrogen and oxygen atoms in total. The second-order valence-corrected chi connectivity index (χ2v) is 1.98. The summed E-state index contributed by atoms with van der Waals surface area (Å²) in [5, 5.41) is 18.7. The van der Waals surface area contributed by atoms with E-state index < -0.39 is 6.09 Å². The number of carbonyl (C=O) groups is 1. The highest BCUT2D eigenvalue weighted by Gasteiger charge is 1.90. The quantitative estimate of drug-likeness (QED) is 0.566. The Morgan fingerprint density at radius 3 is 2.70 bits per heavy atom. The summed E-state index contributed by atoms with van der Waals surface area (Å²) in [7, 11) is 0. The minimum atomic E-state index is -1.11. The molecule has 58 valence electrons. The van der Waals surface area contributed by atoms with Crippen molar-refractivity contribution in [3.05, 3.63) is 11.1 Å². The molecule has 0 spiro atoms. The summed E-state index contributed by atoms with van der Waals surface area (Å²) in [5.41, 5.74) is 0. The van der Waals surface area contributed by atoms with Crippen molar-refractivity contribution in [2.45, 2.75) is 0 Å². The third-order valence-electron chi connectivity index (χ3n) is 0.728. The van der Waals surface area contributed by atoms with Gasteiger partial charge in [0.25, 0.3) is 0 Å². The van der Waals surface area contributed by atoms with Crippen LogP contribution in [0.3, 0.4) is 0 Å². The van der Waals surface area contributed by atoms with Crippen molar-refractivity contribution in [2.24, 2.45) is 0 Å². The van der Waals surface area contributed by atoms with E-state index in [1.165, 1.54) is 6.08 Å². The van der Waals surface area contributed by atoms with Crippen LogP contribution in [-0.2, 0) is 0 Å². The molecule has 0 aliphatic rings. The van der Waals surface area contributed by atoms with Crippen molar-refractivity contribution < 1.29 is 15.0 Å². The lowest BCUT2D eigenvalue weighted by Crippen LogP contribution is -2.20. The SMILES string of the molecule is O=C(O)NCC=C(Cl)CO. The van der Waals surface area contributed by atoms with Gasteiger partial charge in [0.2, 0.25) is 0 Å². The summed E-state index contributed by atoms with van der Waals surface area (Å²) >= 11 is 5.33. The number of aliphatic hydroxyl groups excluding tert-OH is 1. The van der Waals surface area contributed by atoms with Gasteiger partial charge in [0.05, 0.1) is 6.61 Å². The molecule has 0 fully saturated rings. The average Bonchev–Trinajstić information content (AvgIpc) is 1.87. The van der Waals surface area contributed by atoms with Crippen LogP contribution >= 0.6 is 11.6 Å². The standard InChI is InChI=1S/C5H8ClNO3/c6-4(3-8)1-2-7-5(9)10/h1,7-8H,2-3H2,(H,9,10). The van der Waals surface area contributed by atoms with Gasteiger partial charge >= 0.3 is 6.09 Å². The molecule has 5 heteroatoms. The van der Waals surface area contributed by atoms with Crippen LogP contribution in [0.5, 0.6) is 0 Å². The van der Waals surface area contributed by atoms with Crippen LogP contribution in [0.15, 0.2) is 11.1 Å². The lowest BCUT2D eigenvalue weighted by molar-refractivity contribution is 0.195. The van der Waals surface area contributed by atoms with Crippen LogP contribution in [0.2, 0.25) is 0 Å². The van der Waals surface area contributed by atoms with Crippen molar-refractivity contribution in [2.75, 3.05) is 13.2 Å². The number of hydrogen-bond acceptors (Lipinski definition) is 2. The maximum absolute atomic E-state index is 9.82. The Bertz CT molecular complexity index is 146. The third-order valence-corrected chi connectivity index (χ3v) is 1.00. The van der Waals surface area contributed by atoms with E-state index in [0.717, 1.165) is 0 Å². The Balaban J connectivity index is 3.43. The fourth-order valence-electron chi connectivity index (χ4n) is 0.314. The highest BCUT2D eigenvalue weighted by atomic mass is 35.5. The van der Waals surface area contributed by atoms with Gasteiger partial charge in [-0.1, -0.05) is 11.6 Å². The number of rotatable bonds is 3. The predicted octanol–water partition coefficient (Wildman–Crippen LogP) is 0.369. The summed E-state index contributed by atoms with van der Waals surface area (Å²) in [4.78, 5) is 9.82. The lowest BCUT2D eigenvalue weighted by atomic mass is 10.5. The number of nitrogens with one attached hydrogen (secondary N) is 1. The van der Waals surface area contributed by atoms with Crippen LogP contribution in [0.4, 0.5) is 4.79 Å². The summed E-state index contributed by atoms with van der Waals surface area (Å²) in [5.74, 6) is 0. The molecule has 0 heterocycles. The zero-order valence-corrected chi connectivity index (χ0v) is 5.93. The minimum Gasteiger partial charge on any atom is -0.465 e. The molecule has 10 heavy (non-hydrogen) atoms. The maximum atomic E-state index is 9.82. The van der Waals surface area contributed by atoms with E-state index in [2.05, 4.69) is 5.32 Å². The fraction of sp³-hybridized carbons (Fsp3) is 0.400. The lowest BCUT2D eigenvalue weighted by Gasteiger charge is -1.93. The second-order valence-electron chi connectivity index (χ2n) is 1.50. The van der Waals surface area contributed by atoms with Crippen LogP contribution in [0.1, 0.15) is 0 Å². The molecule has 0 aliphatic carbocycles. The molecule has 0 aromatic carbocycles. The number of amides is 1. The van der Waals surface area contributed by atoms with Gasteiger partial charge in [0, 0.05) is 11.6 Å². The summed E-state index contributed by atoms with van der Waals surface area (Å²) in [6, 6.07) is 0. The van der Waals surface area contributed by atoms with E-state index in [0.29, 0.717) is 0 Å². The second kappa shape index (κ2) is 5.08. The van der Waals surface area contributed by atoms with Crippen LogP contribution in [0.25, 0.3) is 0 Å². The van der Waals surface area contributed by atoms with Crippen molar-refractivity contribution >= 4 is 17.7 Å². The van der Waals surface area contributed by atoms with E-state index in [1.807, 2.05) is 0 Å². The van der Waals surface area contributed by atoms with Gasteiger partial charge < -0.3 is 15.5 Å². The molecule has 0 saturated heterocycles. The van der Waals surface area contributed by atoms with Crippen molar-refractivity contribution in [3.63, 3.8) is 0 Å². The Hall–Kier alpha value is -0.740. The summed E-state index contributed by atoms with van der Waals surface area (Å²) < 4.78 is 0. The molecule has 0 unspecified atom stereocenters. The molecule has 0 atom stereocenters. The number of halogens is 1. The van der Waals surface area contributed by atoms with E-state index in [-0.39, 0.29) is 18.2 Å². The van der Waals surface area contributed by atoms with Gasteiger partial charge in [0.1, 0.15) is 0 Å². The third kappa shape index (κ3) is 5.40. The van der Waals surface area contributed by atoms with Crippen molar-refractivity contribution in [1.82, 2.24) is 5.32 Å². The van der Waals surface area contributed by atoms with E-state index in [4.69, 9.17) is 21.8 Å². The van der Waals surface area contributed by atoms with Gasteiger partial charge in [-0.05, 0) is 6.08 Å². The topological polar surface area (TPSA) is 69.6 Å². The number of hydrogen-bond donors (Lipinski definition) is 3. The normalized spacial score (nSPS) is 11.2. The Morgan fingerprint density at radius 2 is 2.30 bits per heavy atom. The van der Waals surface area contributed by atoms with Gasteiger partial charge in [-0.25, -0.2) is 4.79 Å². The van der Waals surface area contributed by atoms with Crippen LogP contribution < -0.4 is 5.32 Å². The first-order chi connectivity index (χ1) is 4.66. The van der Waals surface area contributed by atoms with Gasteiger partial charge in [0.15, 0.2) is 0 Å². The molecular formula is C5H8ClNO3. The molecule has 0 aromatic rings. The van der Waals surface area contributed by atoms with Gasteiger partial charge in [-0.3, -0.25) is 0 Å². The zero-order chi connectivity index (χ0) is 7.98. The molecule has 0 saturated carbocycles. The van der Waals surface area contributed by atoms with Crippen LogP contribution in [0, 0.1) is 0 Å². The maximum Gasteiger partial charge on any atom is 0.404 e. The van der Waals surface area contributed by atoms with Gasteiger partial charge in [-0.2, -0.15) is 0 Å². The smallest absolute Gasteiger partial charge is 0.404 e. The predicted molar refractivity (Wildman–Crippen MR) is 37.0 cm³/mol. The molecule has 1 amide bonds. The molecular weight excluding hydrogens is 158 g/mol. The summed E-state index contributed by atoms with van der Waals surface area (Å²) in [6.07, 6.45) is 0.272. The molecule has 0 bridgehead atoms. The monoisotopic (exact) mass is 165 g/mol. The molecule has 0 radical (unpaired) electrons. The molecule has 0 aliphatic heterocycles. The molecule has 3 N–H and O–H groups in total. The molecule has 0 aromatic heterocycles. The number of aliphatic hydroxyl groups is 1. The first-order valence-electron chi connectivity index (χ1n) is 2.59. The van der Waals surface area contributed by atoms with Crippen molar-refractivity contribution in [3.8, 4) is 0 Å². The highest BCUT2D eigenvalue weighted by Crippen LogP contribution is 1.96.